The summed E-state index contributed by atoms with van der Waals surface area (Å²) in [5.41, 5.74) is 2.25. The van der Waals surface area contributed by atoms with Crippen LogP contribution in [-0.2, 0) is 20.1 Å². The van der Waals surface area contributed by atoms with Gasteiger partial charge < -0.3 is 4.57 Å². The standard InChI is InChI=1S/C19H19ClFN5O2/c1-11-12(2)26-15-16(22-18(26)24(11)9-8-20)23(3)19(28)25(17(15)27)10-13-4-6-14(21)7-5-13/h4-7H,8-10H2,1-3H3. The Hall–Kier alpha value is -2.87. The maximum Gasteiger partial charge on any atom is 0.332 e. The lowest BCUT2D eigenvalue weighted by molar-refractivity contribution is 0.623. The fraction of sp³-hybridized carbons (Fsp3) is 0.316. The maximum absolute atomic E-state index is 13.3. The van der Waals surface area contributed by atoms with Crippen molar-refractivity contribution in [2.24, 2.45) is 7.05 Å². The van der Waals surface area contributed by atoms with Crippen LogP contribution < -0.4 is 11.2 Å². The molecule has 0 fully saturated rings. The van der Waals surface area contributed by atoms with Crippen molar-refractivity contribution < 1.29 is 4.39 Å². The van der Waals surface area contributed by atoms with E-state index in [4.69, 9.17) is 11.6 Å². The van der Waals surface area contributed by atoms with Crippen LogP contribution in [0.2, 0.25) is 0 Å². The van der Waals surface area contributed by atoms with Crippen LogP contribution in [0.3, 0.4) is 0 Å². The Morgan fingerprint density at radius 3 is 2.39 bits per heavy atom. The molecule has 3 heterocycles. The van der Waals surface area contributed by atoms with Crippen LogP contribution in [0, 0.1) is 19.7 Å². The largest absolute Gasteiger partial charge is 0.332 e. The number of benzene rings is 1. The van der Waals surface area contributed by atoms with E-state index in [1.54, 1.807) is 23.6 Å². The van der Waals surface area contributed by atoms with E-state index in [0.29, 0.717) is 34.9 Å². The summed E-state index contributed by atoms with van der Waals surface area (Å²) < 4.78 is 19.4. The lowest BCUT2D eigenvalue weighted by Gasteiger charge is -2.09. The topological polar surface area (TPSA) is 66.2 Å². The summed E-state index contributed by atoms with van der Waals surface area (Å²) >= 11 is 5.93. The summed E-state index contributed by atoms with van der Waals surface area (Å²) in [6.45, 7) is 4.45. The minimum absolute atomic E-state index is 0.0510. The van der Waals surface area contributed by atoms with Crippen molar-refractivity contribution in [2.75, 3.05) is 5.88 Å². The number of aryl methyl sites for hydroxylation is 3. The van der Waals surface area contributed by atoms with Gasteiger partial charge in [-0.25, -0.2) is 9.18 Å². The van der Waals surface area contributed by atoms with Crippen LogP contribution in [0.4, 0.5) is 4.39 Å². The molecule has 146 valence electrons. The average molecular weight is 404 g/mol. The first-order chi connectivity index (χ1) is 13.3. The van der Waals surface area contributed by atoms with E-state index in [1.165, 1.54) is 16.7 Å². The molecule has 0 aliphatic heterocycles. The summed E-state index contributed by atoms with van der Waals surface area (Å²) in [5.74, 6) is 0.614. The van der Waals surface area contributed by atoms with Gasteiger partial charge in [0.25, 0.3) is 5.56 Å². The van der Waals surface area contributed by atoms with Crippen LogP contribution in [0.15, 0.2) is 33.9 Å². The number of hydrogen-bond donors (Lipinski definition) is 0. The summed E-state index contributed by atoms with van der Waals surface area (Å²) in [7, 11) is 1.59. The molecule has 4 aromatic rings. The van der Waals surface area contributed by atoms with Gasteiger partial charge in [-0.1, -0.05) is 12.1 Å². The monoisotopic (exact) mass is 403 g/mol. The third-order valence-electron chi connectivity index (χ3n) is 5.19. The number of nitrogens with zero attached hydrogens (tertiary/aromatic N) is 5. The van der Waals surface area contributed by atoms with Gasteiger partial charge >= 0.3 is 5.69 Å². The Morgan fingerprint density at radius 1 is 1.07 bits per heavy atom. The van der Waals surface area contributed by atoms with Crippen LogP contribution in [0.5, 0.6) is 0 Å². The lowest BCUT2D eigenvalue weighted by atomic mass is 10.2. The summed E-state index contributed by atoms with van der Waals surface area (Å²) in [5, 5.41) is 0. The van der Waals surface area contributed by atoms with Gasteiger partial charge in [0.05, 0.1) is 6.54 Å². The van der Waals surface area contributed by atoms with Crippen molar-refractivity contribution in [3.8, 4) is 0 Å². The molecule has 9 heteroatoms. The highest BCUT2D eigenvalue weighted by Crippen LogP contribution is 2.20. The molecule has 7 nitrogen and oxygen atoms in total. The predicted molar refractivity (Wildman–Crippen MR) is 106 cm³/mol. The second kappa shape index (κ2) is 6.63. The third-order valence-corrected chi connectivity index (χ3v) is 5.36. The van der Waals surface area contributed by atoms with E-state index in [0.717, 1.165) is 16.0 Å². The normalized spacial score (nSPS) is 11.8. The first-order valence-electron chi connectivity index (χ1n) is 8.83. The highest BCUT2D eigenvalue weighted by Gasteiger charge is 2.22. The molecule has 0 aliphatic carbocycles. The van der Waals surface area contributed by atoms with Gasteiger partial charge in [0.15, 0.2) is 11.2 Å². The zero-order valence-corrected chi connectivity index (χ0v) is 16.5. The molecule has 0 N–H and O–H groups in total. The highest BCUT2D eigenvalue weighted by molar-refractivity contribution is 6.17. The van der Waals surface area contributed by atoms with E-state index in [1.807, 2.05) is 18.4 Å². The summed E-state index contributed by atoms with van der Waals surface area (Å²) in [6, 6.07) is 5.73. The van der Waals surface area contributed by atoms with Crippen LogP contribution in [-0.4, -0.2) is 29.0 Å². The molecule has 4 rings (SSSR count). The third kappa shape index (κ3) is 2.59. The van der Waals surface area contributed by atoms with Crippen molar-refractivity contribution in [1.82, 2.24) is 23.1 Å². The van der Waals surface area contributed by atoms with Crippen molar-refractivity contribution in [3.63, 3.8) is 0 Å². The Bertz CT molecular complexity index is 1330. The zero-order valence-electron chi connectivity index (χ0n) is 15.7. The maximum atomic E-state index is 13.3. The molecule has 0 saturated heterocycles. The van der Waals surface area contributed by atoms with Crippen LogP contribution in [0.25, 0.3) is 16.9 Å². The smallest absolute Gasteiger partial charge is 0.313 e. The highest BCUT2D eigenvalue weighted by atomic mass is 35.5. The molecular formula is C19H19ClFN5O2. The molecular weight excluding hydrogens is 385 g/mol. The van der Waals surface area contributed by atoms with Crippen molar-refractivity contribution in [2.45, 2.75) is 26.9 Å². The van der Waals surface area contributed by atoms with E-state index in [2.05, 4.69) is 4.98 Å². The quantitative estimate of drug-likeness (QED) is 0.491. The average Bonchev–Trinajstić information content (AvgIpc) is 3.17. The summed E-state index contributed by atoms with van der Waals surface area (Å²) in [4.78, 5) is 30.6. The second-order valence-corrected chi connectivity index (χ2v) is 7.17. The Morgan fingerprint density at radius 2 is 1.75 bits per heavy atom. The number of imidazole rings is 2. The SMILES string of the molecule is Cc1c(C)n2c3c(=O)n(Cc4ccc(F)cc4)c(=O)n(C)c3nc2n1CCCl. The van der Waals surface area contributed by atoms with Crippen molar-refractivity contribution >= 4 is 28.5 Å². The number of aromatic nitrogens is 5. The Labute approximate surface area is 164 Å². The molecule has 0 spiro atoms. The molecule has 0 saturated carbocycles. The molecule has 28 heavy (non-hydrogen) atoms. The fourth-order valence-corrected chi connectivity index (χ4v) is 3.75. The first kappa shape index (κ1) is 18.5. The Kier molecular flexibility index (Phi) is 4.38. The van der Waals surface area contributed by atoms with Gasteiger partial charge in [-0.2, -0.15) is 4.98 Å². The number of fused-ring (bicyclic) bond motifs is 3. The van der Waals surface area contributed by atoms with E-state index >= 15 is 0 Å². The molecule has 0 bridgehead atoms. The number of halogens is 2. The molecule has 0 aliphatic rings. The Balaban J connectivity index is 2.04. The van der Waals surface area contributed by atoms with E-state index in [9.17, 15) is 14.0 Å². The van der Waals surface area contributed by atoms with Crippen molar-refractivity contribution in [1.29, 1.82) is 0 Å². The van der Waals surface area contributed by atoms with Gasteiger partial charge in [0.2, 0.25) is 5.78 Å². The minimum Gasteiger partial charge on any atom is -0.313 e. The number of alkyl halides is 1. The van der Waals surface area contributed by atoms with Crippen molar-refractivity contribution in [3.05, 3.63) is 67.9 Å². The van der Waals surface area contributed by atoms with Gasteiger partial charge in [0.1, 0.15) is 5.82 Å². The number of rotatable bonds is 4. The molecule has 0 amide bonds. The summed E-state index contributed by atoms with van der Waals surface area (Å²) in [6.07, 6.45) is 0. The second-order valence-electron chi connectivity index (χ2n) is 6.79. The minimum atomic E-state index is -0.471. The lowest BCUT2D eigenvalue weighted by Crippen LogP contribution is -2.39. The molecule has 0 radical (unpaired) electrons. The van der Waals surface area contributed by atoms with Gasteiger partial charge in [-0.05, 0) is 31.5 Å². The van der Waals surface area contributed by atoms with E-state index < -0.39 is 11.2 Å². The number of hydrogen-bond acceptors (Lipinski definition) is 3. The first-order valence-corrected chi connectivity index (χ1v) is 9.36. The van der Waals surface area contributed by atoms with Crippen LogP contribution >= 0.6 is 11.6 Å². The molecule has 3 aromatic heterocycles. The molecule has 0 atom stereocenters. The predicted octanol–water partition coefficient (Wildman–Crippen LogP) is 2.19. The van der Waals surface area contributed by atoms with Gasteiger partial charge in [-0.15, -0.1) is 11.6 Å². The zero-order chi connectivity index (χ0) is 20.2. The van der Waals surface area contributed by atoms with E-state index in [-0.39, 0.29) is 12.4 Å². The van der Waals surface area contributed by atoms with Gasteiger partial charge in [-0.3, -0.25) is 18.3 Å². The van der Waals surface area contributed by atoms with Gasteiger partial charge in [0, 0.05) is 30.9 Å². The van der Waals surface area contributed by atoms with Crippen LogP contribution in [0.1, 0.15) is 17.0 Å². The fourth-order valence-electron chi connectivity index (χ4n) is 3.58. The molecule has 1 aromatic carbocycles. The molecule has 0 unspecified atom stereocenters.